The summed E-state index contributed by atoms with van der Waals surface area (Å²) in [7, 11) is 0. The van der Waals surface area contributed by atoms with Crippen LogP contribution in [0.2, 0.25) is 0 Å². The molecule has 0 aromatic rings. The zero-order valence-corrected chi connectivity index (χ0v) is 16.2. The van der Waals surface area contributed by atoms with E-state index in [1.807, 2.05) is 0 Å². The molecule has 3 heteroatoms. The van der Waals surface area contributed by atoms with Gasteiger partial charge in [-0.05, 0) is 0 Å². The number of hydrogen-bond acceptors (Lipinski definition) is 0. The Balaban J connectivity index is 0.00000162. The fourth-order valence-corrected chi connectivity index (χ4v) is 6.07. The van der Waals surface area contributed by atoms with E-state index in [0.29, 0.717) is 0 Å². The maximum absolute atomic E-state index is 2.51. The van der Waals surface area contributed by atoms with Crippen molar-refractivity contribution in [2.75, 3.05) is 0 Å². The van der Waals surface area contributed by atoms with Crippen LogP contribution < -0.4 is 24.8 Å². The van der Waals surface area contributed by atoms with E-state index < -0.39 is 23.2 Å². The molecule has 0 spiro atoms. The van der Waals surface area contributed by atoms with Crippen LogP contribution in [-0.2, 0) is 23.2 Å². The van der Waals surface area contributed by atoms with Crippen LogP contribution in [0.25, 0.3) is 0 Å². The molecular formula is C16H22Cl2Zr. The van der Waals surface area contributed by atoms with Crippen molar-refractivity contribution in [1.29, 1.82) is 0 Å². The van der Waals surface area contributed by atoms with Gasteiger partial charge in [-0.1, -0.05) is 0 Å². The van der Waals surface area contributed by atoms with Crippen molar-refractivity contribution in [1.82, 2.24) is 0 Å². The van der Waals surface area contributed by atoms with Crippen molar-refractivity contribution in [3.8, 4) is 0 Å². The van der Waals surface area contributed by atoms with Crippen LogP contribution in [0, 0.1) is 0 Å². The molecule has 0 aromatic carbocycles. The molecule has 0 saturated carbocycles. The quantitative estimate of drug-likeness (QED) is 0.597. The van der Waals surface area contributed by atoms with Gasteiger partial charge in [0, 0.05) is 0 Å². The van der Waals surface area contributed by atoms with E-state index in [1.165, 1.54) is 25.7 Å². The third-order valence-electron chi connectivity index (χ3n) is 3.78. The van der Waals surface area contributed by atoms with Gasteiger partial charge in [0.1, 0.15) is 0 Å². The Bertz CT molecular complexity index is 411. The van der Waals surface area contributed by atoms with Gasteiger partial charge < -0.3 is 24.8 Å². The molecule has 0 saturated heterocycles. The summed E-state index contributed by atoms with van der Waals surface area (Å²) < 4.78 is 3.49. The van der Waals surface area contributed by atoms with Crippen LogP contribution in [0.1, 0.15) is 53.4 Å². The van der Waals surface area contributed by atoms with E-state index in [-0.39, 0.29) is 24.8 Å². The molecule has 0 bridgehead atoms. The SMILES string of the molecule is CCC1=C[C]([Zr+2][C]2=C(C)CC(CC)=C2)=C(C)C1.[Cl-].[Cl-]. The van der Waals surface area contributed by atoms with Gasteiger partial charge in [-0.3, -0.25) is 0 Å². The van der Waals surface area contributed by atoms with Gasteiger partial charge in [0.05, 0.1) is 0 Å². The number of allylic oxidation sites excluding steroid dienone is 8. The summed E-state index contributed by atoms with van der Waals surface area (Å²) in [6, 6.07) is 0. The Hall–Kier alpha value is 0.423. The molecule has 2 aliphatic carbocycles. The molecule has 2 aliphatic rings. The molecule has 0 aromatic heterocycles. The van der Waals surface area contributed by atoms with Gasteiger partial charge in [0.15, 0.2) is 0 Å². The largest absolute Gasteiger partial charge is 1.00 e. The van der Waals surface area contributed by atoms with E-state index >= 15 is 0 Å². The normalized spacial score (nSPS) is 17.7. The van der Waals surface area contributed by atoms with Gasteiger partial charge in [0.2, 0.25) is 0 Å². The third-order valence-corrected chi connectivity index (χ3v) is 7.91. The summed E-state index contributed by atoms with van der Waals surface area (Å²) in [5.74, 6) is 0. The first-order valence-electron chi connectivity index (χ1n) is 6.69. The first-order chi connectivity index (χ1) is 8.13. The molecule has 19 heavy (non-hydrogen) atoms. The van der Waals surface area contributed by atoms with Gasteiger partial charge in [-0.15, -0.1) is 0 Å². The summed E-state index contributed by atoms with van der Waals surface area (Å²) in [6.45, 7) is 9.24. The first-order valence-corrected chi connectivity index (χ1v) is 9.15. The Morgan fingerprint density at radius 3 is 1.47 bits per heavy atom. The summed E-state index contributed by atoms with van der Waals surface area (Å²) in [6.07, 6.45) is 9.99. The van der Waals surface area contributed by atoms with Crippen LogP contribution in [0.4, 0.5) is 0 Å². The maximum atomic E-state index is 2.51. The van der Waals surface area contributed by atoms with E-state index in [0.717, 1.165) is 0 Å². The average Bonchev–Trinajstić information content (AvgIpc) is 2.84. The van der Waals surface area contributed by atoms with E-state index in [9.17, 15) is 0 Å². The molecule has 0 unspecified atom stereocenters. The minimum atomic E-state index is -0.512. The fraction of sp³-hybridized carbons (Fsp3) is 0.500. The van der Waals surface area contributed by atoms with Crippen molar-refractivity contribution in [2.24, 2.45) is 0 Å². The topological polar surface area (TPSA) is 0 Å². The minimum absolute atomic E-state index is 0. The van der Waals surface area contributed by atoms with E-state index in [1.54, 1.807) is 28.9 Å². The predicted molar refractivity (Wildman–Crippen MR) is 71.4 cm³/mol. The Kier molecular flexibility index (Phi) is 8.85. The summed E-state index contributed by atoms with van der Waals surface area (Å²) in [5.41, 5.74) is 6.61. The molecule has 0 fully saturated rings. The van der Waals surface area contributed by atoms with E-state index in [2.05, 4.69) is 39.8 Å². The average molecular weight is 376 g/mol. The van der Waals surface area contributed by atoms with Crippen LogP contribution in [0.15, 0.2) is 41.0 Å². The second-order valence-electron chi connectivity index (χ2n) is 5.18. The number of hydrogen-bond donors (Lipinski definition) is 0. The fourth-order valence-electron chi connectivity index (χ4n) is 2.51. The third kappa shape index (κ3) is 4.73. The zero-order chi connectivity index (χ0) is 12.4. The van der Waals surface area contributed by atoms with Gasteiger partial charge in [0.25, 0.3) is 0 Å². The van der Waals surface area contributed by atoms with Crippen molar-refractivity contribution >= 4 is 0 Å². The molecule has 0 N–H and O–H groups in total. The van der Waals surface area contributed by atoms with Gasteiger partial charge >= 0.3 is 118 Å². The molecule has 2 rings (SSSR count). The molecule has 0 amide bonds. The molecule has 0 nitrogen and oxygen atoms in total. The smallest absolute Gasteiger partial charge is 1.00 e. The Morgan fingerprint density at radius 1 is 0.842 bits per heavy atom. The van der Waals surface area contributed by atoms with Crippen LogP contribution in [0.5, 0.6) is 0 Å². The predicted octanol–water partition coefficient (Wildman–Crippen LogP) is -0.895. The molecular weight excluding hydrogens is 354 g/mol. The van der Waals surface area contributed by atoms with Crippen LogP contribution in [-0.4, -0.2) is 0 Å². The Labute approximate surface area is 141 Å². The van der Waals surface area contributed by atoms with Crippen molar-refractivity contribution in [2.45, 2.75) is 53.4 Å². The zero-order valence-electron chi connectivity index (χ0n) is 12.2. The van der Waals surface area contributed by atoms with Gasteiger partial charge in [-0.2, -0.15) is 0 Å². The summed E-state index contributed by atoms with van der Waals surface area (Å²) in [5, 5.41) is 0. The minimum Gasteiger partial charge on any atom is -1.00 e. The molecule has 0 heterocycles. The number of halogens is 2. The van der Waals surface area contributed by atoms with Crippen molar-refractivity contribution in [3.05, 3.63) is 41.0 Å². The Morgan fingerprint density at radius 2 is 1.21 bits per heavy atom. The molecule has 0 aliphatic heterocycles. The second kappa shape index (κ2) is 8.65. The van der Waals surface area contributed by atoms with Crippen molar-refractivity contribution < 1.29 is 48.0 Å². The molecule has 104 valence electrons. The monoisotopic (exact) mass is 374 g/mol. The van der Waals surface area contributed by atoms with E-state index in [4.69, 9.17) is 0 Å². The van der Waals surface area contributed by atoms with Crippen LogP contribution >= 0.6 is 0 Å². The number of rotatable bonds is 4. The van der Waals surface area contributed by atoms with Crippen LogP contribution in [0.3, 0.4) is 0 Å². The maximum Gasteiger partial charge on any atom is -1.00 e. The molecule has 0 radical (unpaired) electrons. The van der Waals surface area contributed by atoms with Gasteiger partial charge in [-0.25, -0.2) is 0 Å². The summed E-state index contributed by atoms with van der Waals surface area (Å²) in [4.78, 5) is 0. The van der Waals surface area contributed by atoms with Crippen molar-refractivity contribution in [3.63, 3.8) is 0 Å². The standard InChI is InChI=1S/2C8H11.2ClH.Zr/c2*1-3-8-5-4-7(2)6-8;;;/h2*5H,3,6H2,1-2H3;2*1H;/q;;;;+2/p-2. The summed E-state index contributed by atoms with van der Waals surface area (Å²) >= 11 is -0.512. The second-order valence-corrected chi connectivity index (χ2v) is 8.44. The molecule has 0 atom stereocenters. The first kappa shape index (κ1) is 19.4.